The van der Waals surface area contributed by atoms with E-state index in [4.69, 9.17) is 23.7 Å². The standard InChI is InChI=1S/C46H54N2O12S/c1-7-10-32-42(59-44(55)56-26-29-13-16-31(17-14-29)57-40(52)12-9-22-48-38(50)19-20-39(48)51)27(2)11-8-21-46(6)37(60-46)24-34(30-15-18-35-33(23-30)47-28(3)61-35)58-41(53)25-36(49)45(4,5)43(32)54/h7,13-20,23,27,32,34,36-37,42,49H,1,8-12,21-22,24-26H2,2-6H3. The van der Waals surface area contributed by atoms with Crippen molar-refractivity contribution in [2.75, 3.05) is 6.54 Å². The highest BCUT2D eigenvalue weighted by Crippen LogP contribution is 2.47. The Morgan fingerprint density at radius 2 is 1.79 bits per heavy atom. The Kier molecular flexibility index (Phi) is 14.3. The zero-order valence-electron chi connectivity index (χ0n) is 35.3. The van der Waals surface area contributed by atoms with Crippen molar-refractivity contribution in [1.29, 1.82) is 0 Å². The summed E-state index contributed by atoms with van der Waals surface area (Å²) < 4.78 is 30.2. The lowest BCUT2D eigenvalue weighted by atomic mass is 9.71. The van der Waals surface area contributed by atoms with Crippen LogP contribution < -0.4 is 4.74 Å². The third kappa shape index (κ3) is 11.2. The van der Waals surface area contributed by atoms with Gasteiger partial charge in [0.2, 0.25) is 0 Å². The summed E-state index contributed by atoms with van der Waals surface area (Å²) in [7, 11) is 0. The number of aromatic nitrogens is 1. The molecule has 7 unspecified atom stereocenters. The van der Waals surface area contributed by atoms with Crippen molar-refractivity contribution in [2.24, 2.45) is 17.3 Å². The summed E-state index contributed by atoms with van der Waals surface area (Å²) in [6.45, 7) is 12.8. The Hall–Kier alpha value is -5.25. The monoisotopic (exact) mass is 858 g/mol. The van der Waals surface area contributed by atoms with Gasteiger partial charge in [0, 0.05) is 31.5 Å². The van der Waals surface area contributed by atoms with E-state index in [9.17, 15) is 33.9 Å². The maximum atomic E-state index is 14.5. The van der Waals surface area contributed by atoms with Crippen LogP contribution in [0.15, 0.2) is 67.3 Å². The van der Waals surface area contributed by atoms with Crippen LogP contribution in [-0.2, 0) is 49.5 Å². The zero-order valence-corrected chi connectivity index (χ0v) is 36.1. The highest BCUT2D eigenvalue weighted by atomic mass is 32.1. The van der Waals surface area contributed by atoms with Crippen LogP contribution in [0.4, 0.5) is 4.79 Å². The molecule has 7 atom stereocenters. The molecule has 0 spiro atoms. The number of hydrogen-bond acceptors (Lipinski definition) is 14. The van der Waals surface area contributed by atoms with E-state index in [1.165, 1.54) is 12.2 Å². The number of cyclic esters (lactones) is 1. The summed E-state index contributed by atoms with van der Waals surface area (Å²) in [5, 5.41) is 12.4. The number of esters is 2. The first kappa shape index (κ1) is 45.3. The molecule has 2 fully saturated rings. The van der Waals surface area contributed by atoms with E-state index in [1.807, 2.05) is 39.0 Å². The number of Topliss-reactive ketones (excluding diaryl/α,β-unsaturated/α-hetero) is 1. The van der Waals surface area contributed by atoms with Crippen molar-refractivity contribution < 1.29 is 57.6 Å². The van der Waals surface area contributed by atoms with Crippen LogP contribution in [0.3, 0.4) is 0 Å². The van der Waals surface area contributed by atoms with Gasteiger partial charge in [-0.1, -0.05) is 51.5 Å². The molecule has 2 aromatic carbocycles. The van der Waals surface area contributed by atoms with Crippen LogP contribution in [0.2, 0.25) is 0 Å². The number of nitrogens with zero attached hydrogens (tertiary/aromatic N) is 2. The van der Waals surface area contributed by atoms with Crippen LogP contribution in [0.1, 0.15) is 101 Å². The minimum Gasteiger partial charge on any atom is -0.457 e. The molecule has 2 saturated heterocycles. The van der Waals surface area contributed by atoms with E-state index in [0.29, 0.717) is 31.2 Å². The molecule has 15 heteroatoms. The number of hydrogen-bond donors (Lipinski definition) is 1. The van der Waals surface area contributed by atoms with Gasteiger partial charge in [-0.2, -0.15) is 0 Å². The van der Waals surface area contributed by atoms with Crippen molar-refractivity contribution in [3.05, 3.63) is 83.4 Å². The number of aliphatic hydroxyl groups excluding tert-OH is 1. The van der Waals surface area contributed by atoms with Crippen molar-refractivity contribution >= 4 is 57.2 Å². The number of aryl methyl sites for hydroxylation is 1. The van der Waals surface area contributed by atoms with Gasteiger partial charge < -0.3 is 28.8 Å². The summed E-state index contributed by atoms with van der Waals surface area (Å²) in [5.74, 6) is -3.41. The zero-order chi connectivity index (χ0) is 44.1. The molecule has 0 radical (unpaired) electrons. The summed E-state index contributed by atoms with van der Waals surface area (Å²) in [6.07, 6.45) is 2.01. The fraction of sp³-hybridized carbons (Fsp3) is 0.500. The molecule has 14 nitrogen and oxygen atoms in total. The molecule has 3 aromatic rings. The third-order valence-electron chi connectivity index (χ3n) is 11.9. The smallest absolute Gasteiger partial charge is 0.457 e. The highest BCUT2D eigenvalue weighted by molar-refractivity contribution is 7.18. The van der Waals surface area contributed by atoms with Gasteiger partial charge in [-0.05, 0) is 80.8 Å². The van der Waals surface area contributed by atoms with Gasteiger partial charge in [0.1, 0.15) is 30.3 Å². The molecule has 326 valence electrons. The average molecular weight is 859 g/mol. The molecule has 4 heterocycles. The molecule has 0 saturated carbocycles. The molecule has 1 N–H and O–H groups in total. The Labute approximate surface area is 359 Å². The number of ether oxygens (including phenoxy) is 5. The summed E-state index contributed by atoms with van der Waals surface area (Å²) in [5.41, 5.74) is 0.239. The molecular formula is C46H54N2O12S. The molecule has 3 aliphatic rings. The van der Waals surface area contributed by atoms with Crippen molar-refractivity contribution in [1.82, 2.24) is 9.88 Å². The van der Waals surface area contributed by atoms with Crippen molar-refractivity contribution in [2.45, 2.75) is 123 Å². The Morgan fingerprint density at radius 1 is 1.07 bits per heavy atom. The minimum absolute atomic E-state index is 0.00871. The molecule has 0 bridgehead atoms. The minimum atomic E-state index is -1.45. The second-order valence-electron chi connectivity index (χ2n) is 16.9. The summed E-state index contributed by atoms with van der Waals surface area (Å²) >= 11 is 1.58. The fourth-order valence-electron chi connectivity index (χ4n) is 8.04. The number of thiazole rings is 1. The number of carbonyl (C=O) groups excluding carboxylic acids is 6. The van der Waals surface area contributed by atoms with Gasteiger partial charge in [-0.25, -0.2) is 9.78 Å². The number of aliphatic hydroxyl groups is 1. The van der Waals surface area contributed by atoms with E-state index in [-0.39, 0.29) is 50.2 Å². The number of ketones is 1. The van der Waals surface area contributed by atoms with Crippen molar-refractivity contribution in [3.63, 3.8) is 0 Å². The van der Waals surface area contributed by atoms with Gasteiger partial charge >= 0.3 is 18.1 Å². The summed E-state index contributed by atoms with van der Waals surface area (Å²) in [6, 6.07) is 12.1. The SMILES string of the molecule is C=CCC1C(=O)C(C)(C)C(O)CC(=O)OC(c2ccc3sc(C)nc3c2)CC2OC2(C)CCCC(C)C1OC(=O)OCc1ccc(OC(=O)CCCN2C(=O)C=CC2=O)cc1. The predicted octanol–water partition coefficient (Wildman–Crippen LogP) is 7.43. The number of benzene rings is 2. The number of rotatable bonds is 11. The maximum absolute atomic E-state index is 14.5. The number of fused-ring (bicyclic) bond motifs is 2. The highest BCUT2D eigenvalue weighted by Gasteiger charge is 2.53. The Morgan fingerprint density at radius 3 is 2.49 bits per heavy atom. The molecule has 1 aromatic heterocycles. The first-order valence-corrected chi connectivity index (χ1v) is 21.5. The first-order chi connectivity index (χ1) is 29.0. The number of carbonyl (C=O) groups is 6. The van der Waals surface area contributed by atoms with Crippen LogP contribution in [0.5, 0.6) is 5.75 Å². The van der Waals surface area contributed by atoms with Crippen LogP contribution in [0, 0.1) is 24.2 Å². The normalized spacial score (nSPS) is 27.0. The number of epoxide rings is 1. The van der Waals surface area contributed by atoms with Gasteiger partial charge in [-0.3, -0.25) is 28.9 Å². The average Bonchev–Trinajstić information content (AvgIpc) is 3.49. The summed E-state index contributed by atoms with van der Waals surface area (Å²) in [4.78, 5) is 82.8. The second-order valence-corrected chi connectivity index (χ2v) is 18.1. The van der Waals surface area contributed by atoms with E-state index in [0.717, 1.165) is 25.7 Å². The first-order valence-electron chi connectivity index (χ1n) is 20.7. The molecule has 6 rings (SSSR count). The van der Waals surface area contributed by atoms with E-state index >= 15 is 0 Å². The van der Waals surface area contributed by atoms with Crippen LogP contribution in [0.25, 0.3) is 10.2 Å². The van der Waals surface area contributed by atoms with Crippen LogP contribution >= 0.6 is 11.3 Å². The number of imide groups is 1. The maximum Gasteiger partial charge on any atom is 0.508 e. The van der Waals surface area contributed by atoms with Gasteiger partial charge in [0.15, 0.2) is 0 Å². The van der Waals surface area contributed by atoms with Gasteiger partial charge in [-0.15, -0.1) is 17.9 Å². The molecular weight excluding hydrogens is 805 g/mol. The quantitative estimate of drug-likeness (QED) is 0.0660. The van der Waals surface area contributed by atoms with E-state index in [1.54, 1.807) is 55.5 Å². The molecule has 61 heavy (non-hydrogen) atoms. The van der Waals surface area contributed by atoms with Crippen LogP contribution in [-0.4, -0.2) is 81.1 Å². The lowest BCUT2D eigenvalue weighted by Crippen LogP contribution is -2.47. The van der Waals surface area contributed by atoms with Gasteiger partial charge in [0.25, 0.3) is 11.8 Å². The number of allylic oxidation sites excluding steroid dienone is 1. The third-order valence-corrected chi connectivity index (χ3v) is 12.9. The van der Waals surface area contributed by atoms with E-state index in [2.05, 4.69) is 11.6 Å². The lowest BCUT2D eigenvalue weighted by Gasteiger charge is -2.37. The number of amides is 2. The van der Waals surface area contributed by atoms with Gasteiger partial charge in [0.05, 0.1) is 50.8 Å². The molecule has 0 aliphatic carbocycles. The molecule has 3 aliphatic heterocycles. The van der Waals surface area contributed by atoms with Crippen molar-refractivity contribution in [3.8, 4) is 5.75 Å². The van der Waals surface area contributed by atoms with E-state index < -0.39 is 77.4 Å². The Bertz CT molecular complexity index is 2160. The predicted molar refractivity (Wildman–Crippen MR) is 224 cm³/mol. The largest absolute Gasteiger partial charge is 0.508 e. The fourth-order valence-corrected chi connectivity index (χ4v) is 8.84. The topological polar surface area (TPSA) is 188 Å². The second kappa shape index (κ2) is 19.2. The Balaban J connectivity index is 1.10. The lowest BCUT2D eigenvalue weighted by molar-refractivity contribution is -0.157. The molecule has 2 amide bonds.